The largest absolute Gasteiger partial charge is 0.478 e. The van der Waals surface area contributed by atoms with Crippen LogP contribution in [0.2, 0.25) is 0 Å². The van der Waals surface area contributed by atoms with Crippen molar-refractivity contribution in [2.45, 2.75) is 13.3 Å². The summed E-state index contributed by atoms with van der Waals surface area (Å²) in [4.78, 5) is 12.6. The number of benzene rings is 1. The maximum absolute atomic E-state index is 11.4. The molecule has 6 nitrogen and oxygen atoms in total. The number of sulfone groups is 1. The maximum atomic E-state index is 11.4. The number of nitrogen functional groups attached to an aromatic ring is 1. The van der Waals surface area contributed by atoms with Gasteiger partial charge in [0.2, 0.25) is 0 Å². The Morgan fingerprint density at radius 2 is 2.05 bits per heavy atom. The second-order valence-corrected chi connectivity index (χ2v) is 7.06. The van der Waals surface area contributed by atoms with E-state index in [1.165, 1.54) is 12.1 Å². The zero-order valence-corrected chi connectivity index (χ0v) is 12.5. The van der Waals surface area contributed by atoms with E-state index in [0.29, 0.717) is 24.3 Å². The van der Waals surface area contributed by atoms with E-state index in [1.807, 2.05) is 4.90 Å². The Balaban J connectivity index is 2.69. The van der Waals surface area contributed by atoms with Crippen molar-refractivity contribution in [1.29, 1.82) is 0 Å². The lowest BCUT2D eigenvalue weighted by Crippen LogP contribution is -2.22. The van der Waals surface area contributed by atoms with Gasteiger partial charge in [0, 0.05) is 19.3 Å². The van der Waals surface area contributed by atoms with Gasteiger partial charge in [-0.1, -0.05) is 6.92 Å². The summed E-state index contributed by atoms with van der Waals surface area (Å²) in [5, 5.41) is 8.86. The first-order valence-electron chi connectivity index (χ1n) is 6.31. The number of nitrogens with zero attached hydrogens (tertiary/aromatic N) is 1. The first-order valence-corrected chi connectivity index (χ1v) is 8.13. The molecule has 20 heavy (non-hydrogen) atoms. The molecule has 0 aliphatic heterocycles. The number of carboxylic acids is 1. The number of hydrogen-bond acceptors (Lipinski definition) is 5. The van der Waals surface area contributed by atoms with Crippen LogP contribution in [0.15, 0.2) is 18.2 Å². The number of nitrogens with two attached hydrogens (primary N) is 1. The lowest BCUT2D eigenvalue weighted by molar-refractivity contribution is 0.0697. The van der Waals surface area contributed by atoms with E-state index in [4.69, 9.17) is 10.8 Å². The SMILES string of the molecule is CCS(=O)(=O)CCCN(C)c1ccc(C(=O)O)cc1N. The Kier molecular flexibility index (Phi) is 5.38. The van der Waals surface area contributed by atoms with Crippen molar-refractivity contribution in [1.82, 2.24) is 0 Å². The van der Waals surface area contributed by atoms with Crippen LogP contribution >= 0.6 is 0 Å². The van der Waals surface area contributed by atoms with Gasteiger partial charge < -0.3 is 15.7 Å². The molecule has 0 heterocycles. The van der Waals surface area contributed by atoms with Gasteiger partial charge in [-0.15, -0.1) is 0 Å². The molecule has 0 atom stereocenters. The molecule has 1 aromatic carbocycles. The van der Waals surface area contributed by atoms with Crippen molar-refractivity contribution in [3.8, 4) is 0 Å². The van der Waals surface area contributed by atoms with Crippen molar-refractivity contribution in [2.75, 3.05) is 35.7 Å². The fourth-order valence-electron chi connectivity index (χ4n) is 1.82. The molecule has 0 unspecified atom stereocenters. The number of rotatable bonds is 7. The van der Waals surface area contributed by atoms with Gasteiger partial charge in [-0.25, -0.2) is 13.2 Å². The number of carbonyl (C=O) groups is 1. The minimum atomic E-state index is -2.96. The molecule has 0 saturated heterocycles. The van der Waals surface area contributed by atoms with Gasteiger partial charge in [0.1, 0.15) is 9.84 Å². The lowest BCUT2D eigenvalue weighted by Gasteiger charge is -2.21. The Morgan fingerprint density at radius 1 is 1.40 bits per heavy atom. The van der Waals surface area contributed by atoms with Gasteiger partial charge in [0.25, 0.3) is 0 Å². The molecule has 0 radical (unpaired) electrons. The molecule has 0 fully saturated rings. The molecule has 112 valence electrons. The summed E-state index contributed by atoms with van der Waals surface area (Å²) < 4.78 is 22.8. The van der Waals surface area contributed by atoms with Crippen molar-refractivity contribution in [2.24, 2.45) is 0 Å². The van der Waals surface area contributed by atoms with Gasteiger partial charge >= 0.3 is 5.97 Å². The normalized spacial score (nSPS) is 11.3. The Bertz CT molecular complexity index is 584. The van der Waals surface area contributed by atoms with Gasteiger partial charge in [-0.3, -0.25) is 0 Å². The van der Waals surface area contributed by atoms with Crippen LogP contribution in [-0.2, 0) is 9.84 Å². The number of aromatic carboxylic acids is 1. The molecule has 1 aromatic rings. The topological polar surface area (TPSA) is 101 Å². The maximum Gasteiger partial charge on any atom is 0.335 e. The highest BCUT2D eigenvalue weighted by molar-refractivity contribution is 7.91. The summed E-state index contributed by atoms with van der Waals surface area (Å²) in [6.07, 6.45) is 0.507. The van der Waals surface area contributed by atoms with E-state index in [0.717, 1.165) is 0 Å². The molecular weight excluding hydrogens is 280 g/mol. The van der Waals surface area contributed by atoms with Gasteiger partial charge in [0.15, 0.2) is 0 Å². The first kappa shape index (κ1) is 16.3. The fraction of sp³-hybridized carbons (Fsp3) is 0.462. The van der Waals surface area contributed by atoms with Gasteiger partial charge in [-0.05, 0) is 24.6 Å². The highest BCUT2D eigenvalue weighted by atomic mass is 32.2. The van der Waals surface area contributed by atoms with E-state index in [-0.39, 0.29) is 17.1 Å². The monoisotopic (exact) mass is 300 g/mol. The van der Waals surface area contributed by atoms with Crippen LogP contribution in [0.3, 0.4) is 0 Å². The summed E-state index contributed by atoms with van der Waals surface area (Å²) in [7, 11) is -1.16. The zero-order valence-electron chi connectivity index (χ0n) is 11.7. The van der Waals surface area contributed by atoms with E-state index in [9.17, 15) is 13.2 Å². The summed E-state index contributed by atoms with van der Waals surface area (Å²) >= 11 is 0. The second-order valence-electron chi connectivity index (χ2n) is 4.59. The third kappa shape index (κ3) is 4.41. The fourth-order valence-corrected chi connectivity index (χ4v) is 2.68. The van der Waals surface area contributed by atoms with Crippen LogP contribution in [0, 0.1) is 0 Å². The molecule has 0 spiro atoms. The molecule has 0 aromatic heterocycles. The summed E-state index contributed by atoms with van der Waals surface area (Å²) in [5.74, 6) is -0.743. The average molecular weight is 300 g/mol. The lowest BCUT2D eigenvalue weighted by atomic mass is 10.1. The van der Waals surface area contributed by atoms with Crippen molar-refractivity contribution in [3.05, 3.63) is 23.8 Å². The second kappa shape index (κ2) is 6.60. The molecule has 0 amide bonds. The zero-order chi connectivity index (χ0) is 15.3. The first-order chi connectivity index (χ1) is 9.26. The van der Waals surface area contributed by atoms with Crippen LogP contribution in [-0.4, -0.2) is 44.6 Å². The van der Waals surface area contributed by atoms with Crippen molar-refractivity contribution in [3.63, 3.8) is 0 Å². The molecule has 0 bridgehead atoms. The molecular formula is C13H20N2O4S. The molecule has 0 aliphatic carbocycles. The molecule has 0 aliphatic rings. The third-order valence-corrected chi connectivity index (χ3v) is 4.86. The van der Waals surface area contributed by atoms with E-state index in [2.05, 4.69) is 0 Å². The van der Waals surface area contributed by atoms with Crippen molar-refractivity contribution < 1.29 is 18.3 Å². The summed E-state index contributed by atoms with van der Waals surface area (Å²) in [6, 6.07) is 4.51. The van der Waals surface area contributed by atoms with Crippen LogP contribution in [0.1, 0.15) is 23.7 Å². The third-order valence-electron chi connectivity index (χ3n) is 3.07. The minimum absolute atomic E-state index is 0.133. The molecule has 7 heteroatoms. The van der Waals surface area contributed by atoms with E-state index >= 15 is 0 Å². The molecule has 0 saturated carbocycles. The van der Waals surface area contributed by atoms with E-state index in [1.54, 1.807) is 20.0 Å². The van der Waals surface area contributed by atoms with Crippen LogP contribution in [0.25, 0.3) is 0 Å². The Hall–Kier alpha value is -1.76. The quantitative estimate of drug-likeness (QED) is 0.734. The highest BCUT2D eigenvalue weighted by Crippen LogP contribution is 2.23. The summed E-state index contributed by atoms with van der Waals surface area (Å²) in [5.41, 5.74) is 7.02. The number of hydrogen-bond donors (Lipinski definition) is 2. The minimum Gasteiger partial charge on any atom is -0.478 e. The summed E-state index contributed by atoms with van der Waals surface area (Å²) in [6.45, 7) is 2.16. The molecule has 3 N–H and O–H groups in total. The highest BCUT2D eigenvalue weighted by Gasteiger charge is 2.11. The van der Waals surface area contributed by atoms with E-state index < -0.39 is 15.8 Å². The predicted octanol–water partition coefficient (Wildman–Crippen LogP) is 1.23. The Labute approximate surface area is 119 Å². The van der Waals surface area contributed by atoms with Crippen LogP contribution < -0.4 is 10.6 Å². The van der Waals surface area contributed by atoms with Crippen molar-refractivity contribution >= 4 is 27.2 Å². The van der Waals surface area contributed by atoms with Crippen LogP contribution in [0.5, 0.6) is 0 Å². The van der Waals surface area contributed by atoms with Gasteiger partial charge in [0.05, 0.1) is 22.7 Å². The molecule has 1 rings (SSSR count). The number of anilines is 2. The standard InChI is InChI=1S/C13H20N2O4S/c1-3-20(18,19)8-4-7-15(2)12-6-5-10(13(16)17)9-11(12)14/h5-6,9H,3-4,7-8,14H2,1-2H3,(H,16,17). The Morgan fingerprint density at radius 3 is 2.55 bits per heavy atom. The predicted molar refractivity (Wildman–Crippen MR) is 80.0 cm³/mol. The van der Waals surface area contributed by atoms with Crippen LogP contribution in [0.4, 0.5) is 11.4 Å². The smallest absolute Gasteiger partial charge is 0.335 e. The average Bonchev–Trinajstić information content (AvgIpc) is 2.38. The number of carboxylic acid groups (broad SMARTS) is 1. The van der Waals surface area contributed by atoms with Gasteiger partial charge in [-0.2, -0.15) is 0 Å².